The molecule has 1 aliphatic rings. The molecule has 1 atom stereocenters. The van der Waals surface area contributed by atoms with Crippen molar-refractivity contribution in [1.82, 2.24) is 15.0 Å². The Labute approximate surface area is 146 Å². The summed E-state index contributed by atoms with van der Waals surface area (Å²) in [5.41, 5.74) is 1.90. The van der Waals surface area contributed by atoms with E-state index in [0.29, 0.717) is 37.0 Å². The van der Waals surface area contributed by atoms with Gasteiger partial charge in [0.05, 0.1) is 13.2 Å². The number of hydrogen-bond acceptors (Lipinski definition) is 6. The summed E-state index contributed by atoms with van der Waals surface area (Å²) in [5.74, 6) is 0.788. The minimum absolute atomic E-state index is 0.0468. The standard InChI is InChI=1S/C18H23N3O4/c1-3-4-13-5-7-14(8-6-13)18(22)21-9-10-24-11-15(21)17-19-16(12-23-2)25-20-17/h5-8,15H,3-4,9-12H2,1-2H3. The van der Waals surface area contributed by atoms with Gasteiger partial charge < -0.3 is 18.9 Å². The molecule has 0 saturated carbocycles. The van der Waals surface area contributed by atoms with Gasteiger partial charge in [0.2, 0.25) is 0 Å². The van der Waals surface area contributed by atoms with Crippen molar-refractivity contribution in [3.05, 3.63) is 47.1 Å². The van der Waals surface area contributed by atoms with Gasteiger partial charge in [0.15, 0.2) is 5.82 Å². The average Bonchev–Trinajstić information content (AvgIpc) is 3.11. The van der Waals surface area contributed by atoms with Gasteiger partial charge in [-0.15, -0.1) is 0 Å². The molecule has 1 aromatic heterocycles. The van der Waals surface area contributed by atoms with Gasteiger partial charge >= 0.3 is 0 Å². The Kier molecular flexibility index (Phi) is 5.78. The van der Waals surface area contributed by atoms with Gasteiger partial charge in [-0.05, 0) is 24.1 Å². The second-order valence-corrected chi connectivity index (χ2v) is 6.02. The zero-order valence-corrected chi connectivity index (χ0v) is 14.6. The monoisotopic (exact) mass is 345 g/mol. The molecule has 2 aromatic rings. The lowest BCUT2D eigenvalue weighted by atomic mass is 10.1. The second-order valence-electron chi connectivity index (χ2n) is 6.02. The lowest BCUT2D eigenvalue weighted by Gasteiger charge is -2.33. The number of rotatable bonds is 6. The van der Waals surface area contributed by atoms with Crippen LogP contribution in [0.25, 0.3) is 0 Å². The first-order valence-corrected chi connectivity index (χ1v) is 8.52. The van der Waals surface area contributed by atoms with Crippen molar-refractivity contribution in [3.63, 3.8) is 0 Å². The zero-order valence-electron chi connectivity index (χ0n) is 14.6. The van der Waals surface area contributed by atoms with E-state index in [-0.39, 0.29) is 18.6 Å². The van der Waals surface area contributed by atoms with E-state index >= 15 is 0 Å². The van der Waals surface area contributed by atoms with E-state index in [1.807, 2.05) is 24.3 Å². The van der Waals surface area contributed by atoms with Gasteiger partial charge in [-0.3, -0.25) is 4.79 Å². The maximum atomic E-state index is 12.9. The summed E-state index contributed by atoms with van der Waals surface area (Å²) in [5, 5.41) is 3.98. The molecule has 3 rings (SSSR count). The molecule has 0 radical (unpaired) electrons. The summed E-state index contributed by atoms with van der Waals surface area (Å²) in [4.78, 5) is 19.0. The Hall–Kier alpha value is -2.25. The van der Waals surface area contributed by atoms with Crippen molar-refractivity contribution >= 4 is 5.91 Å². The van der Waals surface area contributed by atoms with Crippen LogP contribution in [0.4, 0.5) is 0 Å². The highest BCUT2D eigenvalue weighted by molar-refractivity contribution is 5.94. The molecule has 134 valence electrons. The lowest BCUT2D eigenvalue weighted by Crippen LogP contribution is -2.43. The Morgan fingerprint density at radius 1 is 1.36 bits per heavy atom. The van der Waals surface area contributed by atoms with Crippen molar-refractivity contribution in [3.8, 4) is 0 Å². The topological polar surface area (TPSA) is 77.7 Å². The Morgan fingerprint density at radius 3 is 2.88 bits per heavy atom. The molecule has 1 unspecified atom stereocenters. The van der Waals surface area contributed by atoms with Gasteiger partial charge in [-0.25, -0.2) is 0 Å². The number of aryl methyl sites for hydroxylation is 1. The highest BCUT2D eigenvalue weighted by Crippen LogP contribution is 2.24. The summed E-state index contributed by atoms with van der Waals surface area (Å²) >= 11 is 0. The van der Waals surface area contributed by atoms with Crippen molar-refractivity contribution in [2.24, 2.45) is 0 Å². The van der Waals surface area contributed by atoms with Crippen LogP contribution in [0.3, 0.4) is 0 Å². The van der Waals surface area contributed by atoms with Crippen LogP contribution >= 0.6 is 0 Å². The number of carbonyl (C=O) groups is 1. The molecule has 25 heavy (non-hydrogen) atoms. The third-order valence-corrected chi connectivity index (χ3v) is 4.18. The first-order chi connectivity index (χ1) is 12.2. The summed E-state index contributed by atoms with van der Waals surface area (Å²) in [6.45, 7) is 3.73. The summed E-state index contributed by atoms with van der Waals surface area (Å²) in [6, 6.07) is 7.43. The van der Waals surface area contributed by atoms with Crippen LogP contribution in [0.1, 0.15) is 47.0 Å². The molecule has 0 spiro atoms. The van der Waals surface area contributed by atoms with Crippen LogP contribution in [-0.4, -0.2) is 47.8 Å². The van der Waals surface area contributed by atoms with E-state index in [0.717, 1.165) is 12.8 Å². The molecule has 2 heterocycles. The lowest BCUT2D eigenvalue weighted by molar-refractivity contribution is -0.00577. The number of aromatic nitrogens is 2. The third kappa shape index (κ3) is 4.05. The van der Waals surface area contributed by atoms with E-state index in [1.54, 1.807) is 12.0 Å². The largest absolute Gasteiger partial charge is 0.377 e. The minimum Gasteiger partial charge on any atom is -0.377 e. The predicted molar refractivity (Wildman–Crippen MR) is 90.0 cm³/mol. The van der Waals surface area contributed by atoms with Crippen LogP contribution in [0.2, 0.25) is 0 Å². The summed E-state index contributed by atoms with van der Waals surface area (Å²) in [6.07, 6.45) is 2.10. The maximum absolute atomic E-state index is 12.9. The fourth-order valence-corrected chi connectivity index (χ4v) is 2.91. The van der Waals surface area contributed by atoms with Crippen molar-refractivity contribution in [2.45, 2.75) is 32.4 Å². The average molecular weight is 345 g/mol. The molecular formula is C18H23N3O4. The number of morpholine rings is 1. The number of nitrogens with zero attached hydrogens (tertiary/aromatic N) is 3. The number of ether oxygens (including phenoxy) is 2. The van der Waals surface area contributed by atoms with Crippen LogP contribution in [0.15, 0.2) is 28.8 Å². The van der Waals surface area contributed by atoms with Gasteiger partial charge in [-0.2, -0.15) is 4.98 Å². The first-order valence-electron chi connectivity index (χ1n) is 8.52. The first kappa shape index (κ1) is 17.6. The Morgan fingerprint density at radius 2 is 2.16 bits per heavy atom. The maximum Gasteiger partial charge on any atom is 0.254 e. The quantitative estimate of drug-likeness (QED) is 0.800. The summed E-state index contributed by atoms with van der Waals surface area (Å²) < 4.78 is 15.7. The molecule has 0 bridgehead atoms. The van der Waals surface area contributed by atoms with E-state index in [2.05, 4.69) is 17.1 Å². The third-order valence-electron chi connectivity index (χ3n) is 4.18. The van der Waals surface area contributed by atoms with Gasteiger partial charge in [-0.1, -0.05) is 30.6 Å². The number of carbonyl (C=O) groups excluding carboxylic acids is 1. The van der Waals surface area contributed by atoms with Crippen molar-refractivity contribution in [2.75, 3.05) is 26.9 Å². The van der Waals surface area contributed by atoms with Gasteiger partial charge in [0.1, 0.15) is 12.6 Å². The highest BCUT2D eigenvalue weighted by atomic mass is 16.5. The van der Waals surface area contributed by atoms with E-state index in [1.165, 1.54) is 5.56 Å². The minimum atomic E-state index is -0.356. The van der Waals surface area contributed by atoms with E-state index in [9.17, 15) is 4.79 Å². The second kappa shape index (κ2) is 8.22. The molecular weight excluding hydrogens is 322 g/mol. The van der Waals surface area contributed by atoms with Crippen molar-refractivity contribution < 1.29 is 18.8 Å². The van der Waals surface area contributed by atoms with Gasteiger partial charge in [0, 0.05) is 19.2 Å². The Balaban J connectivity index is 1.78. The van der Waals surface area contributed by atoms with Crippen LogP contribution in [0.5, 0.6) is 0 Å². The fraction of sp³-hybridized carbons (Fsp3) is 0.500. The molecule has 7 heteroatoms. The number of hydrogen-bond donors (Lipinski definition) is 0. The molecule has 0 N–H and O–H groups in total. The molecule has 7 nitrogen and oxygen atoms in total. The fourth-order valence-electron chi connectivity index (χ4n) is 2.91. The van der Waals surface area contributed by atoms with Crippen LogP contribution in [0, 0.1) is 0 Å². The molecule has 0 aliphatic carbocycles. The SMILES string of the molecule is CCCc1ccc(C(=O)N2CCOCC2c2noc(COC)n2)cc1. The molecule has 1 aromatic carbocycles. The number of methoxy groups -OCH3 is 1. The van der Waals surface area contributed by atoms with Gasteiger partial charge in [0.25, 0.3) is 11.8 Å². The predicted octanol–water partition coefficient (Wildman–Crippen LogP) is 2.38. The number of benzene rings is 1. The normalized spacial score (nSPS) is 17.7. The smallest absolute Gasteiger partial charge is 0.254 e. The molecule has 1 saturated heterocycles. The van der Waals surface area contributed by atoms with E-state index in [4.69, 9.17) is 14.0 Å². The Bertz CT molecular complexity index is 699. The molecule has 1 fully saturated rings. The van der Waals surface area contributed by atoms with Crippen molar-refractivity contribution in [1.29, 1.82) is 0 Å². The molecule has 1 amide bonds. The van der Waals surface area contributed by atoms with Crippen LogP contribution in [-0.2, 0) is 22.5 Å². The highest BCUT2D eigenvalue weighted by Gasteiger charge is 2.32. The van der Waals surface area contributed by atoms with E-state index < -0.39 is 0 Å². The molecule has 1 aliphatic heterocycles. The summed E-state index contributed by atoms with van der Waals surface area (Å²) in [7, 11) is 1.56. The van der Waals surface area contributed by atoms with Crippen LogP contribution < -0.4 is 0 Å². The zero-order chi connectivity index (χ0) is 17.6. The number of amides is 1.